The third kappa shape index (κ3) is 4.80. The maximum Gasteiger partial charge on any atom is 0.0991 e. The second-order valence-corrected chi connectivity index (χ2v) is 7.14. The van der Waals surface area contributed by atoms with Gasteiger partial charge in [0.25, 0.3) is 0 Å². The van der Waals surface area contributed by atoms with Crippen LogP contribution in [0.5, 0.6) is 0 Å². The molecule has 26 heavy (non-hydrogen) atoms. The number of nitrogens with zero attached hydrogens (tertiary/aromatic N) is 3. The number of likely N-dealkylation sites (tertiary alicyclic amines) is 1. The van der Waals surface area contributed by atoms with Crippen molar-refractivity contribution in [3.8, 4) is 6.07 Å². The summed E-state index contributed by atoms with van der Waals surface area (Å²) in [6.07, 6.45) is 13.2. The molecular formula is C23H27N3. The predicted octanol–water partition coefficient (Wildman–Crippen LogP) is 5.12. The zero-order valence-electron chi connectivity index (χ0n) is 15.8. The van der Waals surface area contributed by atoms with Gasteiger partial charge in [-0.25, -0.2) is 0 Å². The first-order chi connectivity index (χ1) is 12.7. The maximum absolute atomic E-state index is 8.96. The van der Waals surface area contributed by atoms with E-state index < -0.39 is 0 Å². The highest BCUT2D eigenvalue weighted by Crippen LogP contribution is 2.21. The first-order valence-electron chi connectivity index (χ1n) is 9.53. The van der Waals surface area contributed by atoms with Gasteiger partial charge in [0.15, 0.2) is 0 Å². The minimum absolute atomic E-state index is 0.692. The highest BCUT2D eigenvalue weighted by Gasteiger charge is 2.19. The van der Waals surface area contributed by atoms with Crippen LogP contribution in [0.2, 0.25) is 0 Å². The van der Waals surface area contributed by atoms with Crippen molar-refractivity contribution < 1.29 is 0 Å². The van der Waals surface area contributed by atoms with Crippen molar-refractivity contribution >= 4 is 11.3 Å². The Kier molecular flexibility index (Phi) is 6.20. The van der Waals surface area contributed by atoms with Crippen LogP contribution in [0.3, 0.4) is 0 Å². The Labute approximate surface area is 157 Å². The van der Waals surface area contributed by atoms with Crippen molar-refractivity contribution in [2.75, 3.05) is 13.1 Å². The van der Waals surface area contributed by atoms with Gasteiger partial charge >= 0.3 is 0 Å². The molecule has 3 nitrogen and oxygen atoms in total. The van der Waals surface area contributed by atoms with Crippen LogP contribution in [0.25, 0.3) is 5.57 Å². The van der Waals surface area contributed by atoms with Crippen LogP contribution < -0.4 is 0 Å². The topological polar surface area (TPSA) is 39.4 Å². The Morgan fingerprint density at radius 3 is 2.69 bits per heavy atom. The van der Waals surface area contributed by atoms with Crippen LogP contribution in [-0.4, -0.2) is 29.7 Å². The van der Waals surface area contributed by atoms with E-state index >= 15 is 0 Å². The van der Waals surface area contributed by atoms with E-state index in [1.807, 2.05) is 24.3 Å². The summed E-state index contributed by atoms with van der Waals surface area (Å²) in [5.74, 6) is 0. The lowest BCUT2D eigenvalue weighted by Gasteiger charge is -2.20. The van der Waals surface area contributed by atoms with Crippen molar-refractivity contribution in [1.29, 1.82) is 5.26 Å². The van der Waals surface area contributed by atoms with E-state index in [-0.39, 0.29) is 0 Å². The number of rotatable bonds is 4. The summed E-state index contributed by atoms with van der Waals surface area (Å²) in [5, 5.41) is 8.96. The summed E-state index contributed by atoms with van der Waals surface area (Å²) in [4.78, 5) is 7.40. The summed E-state index contributed by atoms with van der Waals surface area (Å²) in [6.45, 7) is 6.71. The molecule has 0 saturated carbocycles. The van der Waals surface area contributed by atoms with Crippen molar-refractivity contribution in [2.24, 2.45) is 4.99 Å². The van der Waals surface area contributed by atoms with E-state index in [1.165, 1.54) is 30.7 Å². The lowest BCUT2D eigenvalue weighted by molar-refractivity contribution is 0.272. The number of hydrogen-bond donors (Lipinski definition) is 0. The predicted molar refractivity (Wildman–Crippen MR) is 109 cm³/mol. The van der Waals surface area contributed by atoms with Crippen LogP contribution >= 0.6 is 0 Å². The molecule has 0 radical (unpaired) electrons. The van der Waals surface area contributed by atoms with Crippen LogP contribution in [0.4, 0.5) is 0 Å². The fraction of sp³-hybridized carbons (Fsp3) is 0.391. The minimum Gasteiger partial charge on any atom is -0.300 e. The van der Waals surface area contributed by atoms with Gasteiger partial charge < -0.3 is 4.90 Å². The number of aliphatic imine (C=N–C) groups is 1. The Bertz CT molecular complexity index is 788. The van der Waals surface area contributed by atoms with E-state index in [0.717, 1.165) is 30.7 Å². The third-order valence-electron chi connectivity index (χ3n) is 5.21. The van der Waals surface area contributed by atoms with Gasteiger partial charge in [-0.1, -0.05) is 30.4 Å². The molecule has 3 rings (SSSR count). The molecule has 2 heterocycles. The van der Waals surface area contributed by atoms with E-state index in [0.29, 0.717) is 11.6 Å². The molecule has 2 aliphatic rings. The Morgan fingerprint density at radius 1 is 1.19 bits per heavy atom. The van der Waals surface area contributed by atoms with Crippen LogP contribution in [0, 0.1) is 11.3 Å². The molecule has 134 valence electrons. The smallest absolute Gasteiger partial charge is 0.0991 e. The summed E-state index contributed by atoms with van der Waals surface area (Å²) < 4.78 is 0. The monoisotopic (exact) mass is 345 g/mol. The van der Waals surface area contributed by atoms with Crippen LogP contribution in [-0.2, 0) is 0 Å². The Morgan fingerprint density at radius 2 is 2.00 bits per heavy atom. The number of allylic oxidation sites excluding steroid dienone is 5. The van der Waals surface area contributed by atoms with Crippen LogP contribution in [0.1, 0.15) is 50.7 Å². The van der Waals surface area contributed by atoms with Gasteiger partial charge in [0.05, 0.1) is 11.6 Å². The molecule has 0 bridgehead atoms. The van der Waals surface area contributed by atoms with E-state index in [9.17, 15) is 0 Å². The third-order valence-corrected chi connectivity index (χ3v) is 5.21. The fourth-order valence-corrected chi connectivity index (χ4v) is 3.60. The number of benzene rings is 1. The number of nitriles is 1. The Balaban J connectivity index is 1.72. The first-order valence-corrected chi connectivity index (χ1v) is 9.53. The summed E-state index contributed by atoms with van der Waals surface area (Å²) in [5.41, 5.74) is 5.22. The molecule has 0 aliphatic carbocycles. The van der Waals surface area contributed by atoms with E-state index in [2.05, 4.69) is 49.1 Å². The van der Waals surface area contributed by atoms with Crippen molar-refractivity contribution in [2.45, 2.75) is 45.6 Å². The molecule has 1 fully saturated rings. The quantitative estimate of drug-likeness (QED) is 0.759. The van der Waals surface area contributed by atoms with Crippen molar-refractivity contribution in [1.82, 2.24) is 4.90 Å². The molecule has 1 aromatic rings. The van der Waals surface area contributed by atoms with Gasteiger partial charge in [0.1, 0.15) is 0 Å². The summed E-state index contributed by atoms with van der Waals surface area (Å²) >= 11 is 0. The largest absolute Gasteiger partial charge is 0.300 e. The molecule has 0 aromatic heterocycles. The average Bonchev–Trinajstić information content (AvgIpc) is 3.09. The van der Waals surface area contributed by atoms with Crippen molar-refractivity contribution in [3.05, 3.63) is 65.4 Å². The highest BCUT2D eigenvalue weighted by atomic mass is 15.2. The molecule has 0 amide bonds. The Hall–Kier alpha value is -2.44. The average molecular weight is 345 g/mol. The van der Waals surface area contributed by atoms with Gasteiger partial charge in [-0.3, -0.25) is 4.99 Å². The standard InChI is InChI=1S/C23H27N3/c1-18-8-11-21(22-12-9-20(17-24)10-13-22)6-3-7-23(25-18)14-16-26-15-4-5-19(26)2/h6-13,19H,3-5,14-16H2,1-2H3/b11-8-,21-6-,23-7?,25-18+/t19-/m1/s1. The molecular weight excluding hydrogens is 318 g/mol. The molecule has 0 N–H and O–H groups in total. The molecule has 2 aliphatic heterocycles. The van der Waals surface area contributed by atoms with Gasteiger partial charge in [-0.2, -0.15) is 5.26 Å². The van der Waals surface area contributed by atoms with Crippen LogP contribution in [0.15, 0.2) is 59.3 Å². The van der Waals surface area contributed by atoms with E-state index in [4.69, 9.17) is 10.3 Å². The zero-order valence-corrected chi connectivity index (χ0v) is 15.8. The molecule has 0 spiro atoms. The number of hydrogen-bond acceptors (Lipinski definition) is 3. The normalized spacial score (nSPS) is 26.3. The fourth-order valence-electron chi connectivity index (χ4n) is 3.60. The lowest BCUT2D eigenvalue weighted by Crippen LogP contribution is -2.28. The zero-order chi connectivity index (χ0) is 18.4. The maximum atomic E-state index is 8.96. The van der Waals surface area contributed by atoms with Gasteiger partial charge in [0, 0.05) is 30.4 Å². The highest BCUT2D eigenvalue weighted by molar-refractivity contribution is 5.96. The molecule has 3 heteroatoms. The SMILES string of the molecule is CC1=N\C(CCN2CCC[C@H]2C)=CC/C=C(c2ccc(C#N)cc2)/C=C\1. The second-order valence-electron chi connectivity index (χ2n) is 7.14. The second kappa shape index (κ2) is 8.78. The first kappa shape index (κ1) is 18.4. The lowest BCUT2D eigenvalue weighted by atomic mass is 10.0. The molecule has 1 saturated heterocycles. The summed E-state index contributed by atoms with van der Waals surface area (Å²) in [6, 6.07) is 10.6. The van der Waals surface area contributed by atoms with Crippen molar-refractivity contribution in [3.63, 3.8) is 0 Å². The molecule has 1 aromatic carbocycles. The minimum atomic E-state index is 0.692. The molecule has 0 unspecified atom stereocenters. The molecule has 1 atom stereocenters. The van der Waals surface area contributed by atoms with Gasteiger partial charge in [0.2, 0.25) is 0 Å². The van der Waals surface area contributed by atoms with E-state index in [1.54, 1.807) is 0 Å². The summed E-state index contributed by atoms with van der Waals surface area (Å²) in [7, 11) is 0. The van der Waals surface area contributed by atoms with Gasteiger partial charge in [-0.15, -0.1) is 0 Å². The van der Waals surface area contributed by atoms with Gasteiger partial charge in [-0.05, 0) is 69.0 Å².